The summed E-state index contributed by atoms with van der Waals surface area (Å²) < 4.78 is 5.28. The number of amides is 1. The van der Waals surface area contributed by atoms with E-state index in [-0.39, 0.29) is 5.91 Å². The average molecular weight is 322 g/mol. The third kappa shape index (κ3) is 3.59. The number of aromatic amines is 1. The minimum absolute atomic E-state index is 0.0571. The molecule has 4 nitrogen and oxygen atoms in total. The molecule has 0 fully saturated rings. The number of hydrogen-bond donors (Lipinski definition) is 2. The van der Waals surface area contributed by atoms with Gasteiger partial charge in [0.1, 0.15) is 5.75 Å². The Kier molecular flexibility index (Phi) is 4.85. The summed E-state index contributed by atoms with van der Waals surface area (Å²) in [4.78, 5) is 15.4. The Labute approximate surface area is 141 Å². The second-order valence-corrected chi connectivity index (χ2v) is 5.93. The van der Waals surface area contributed by atoms with Gasteiger partial charge in [0.2, 0.25) is 5.91 Å². The van der Waals surface area contributed by atoms with Crippen molar-refractivity contribution < 1.29 is 9.53 Å². The molecule has 1 heterocycles. The molecule has 24 heavy (non-hydrogen) atoms. The number of aryl methyl sites for hydroxylation is 1. The van der Waals surface area contributed by atoms with Crippen LogP contribution in [0.2, 0.25) is 0 Å². The monoisotopic (exact) mass is 322 g/mol. The summed E-state index contributed by atoms with van der Waals surface area (Å²) in [5.41, 5.74) is 4.49. The topological polar surface area (TPSA) is 54.1 Å². The van der Waals surface area contributed by atoms with Gasteiger partial charge in [-0.25, -0.2) is 0 Å². The Balaban J connectivity index is 1.58. The van der Waals surface area contributed by atoms with Crippen LogP contribution in [0.3, 0.4) is 0 Å². The molecule has 3 rings (SSSR count). The molecule has 0 aliphatic heterocycles. The number of rotatable bonds is 6. The molecule has 0 saturated carbocycles. The number of nitrogens with one attached hydrogen (secondary N) is 2. The van der Waals surface area contributed by atoms with Crippen molar-refractivity contribution in [2.24, 2.45) is 0 Å². The molecule has 2 aromatic carbocycles. The summed E-state index contributed by atoms with van der Waals surface area (Å²) in [6, 6.07) is 14.0. The maximum Gasteiger partial charge on any atom is 0.224 e. The van der Waals surface area contributed by atoms with Gasteiger partial charge in [0, 0.05) is 23.6 Å². The lowest BCUT2D eigenvalue weighted by atomic mass is 10.1. The zero-order valence-corrected chi connectivity index (χ0v) is 14.1. The van der Waals surface area contributed by atoms with E-state index in [0.29, 0.717) is 13.0 Å². The van der Waals surface area contributed by atoms with E-state index >= 15 is 0 Å². The van der Waals surface area contributed by atoms with Crippen LogP contribution in [0.1, 0.15) is 16.7 Å². The number of aromatic nitrogens is 1. The van der Waals surface area contributed by atoms with E-state index in [0.717, 1.165) is 34.2 Å². The van der Waals surface area contributed by atoms with Crippen molar-refractivity contribution in [3.8, 4) is 5.75 Å². The zero-order valence-electron chi connectivity index (χ0n) is 14.1. The molecule has 0 aliphatic rings. The van der Waals surface area contributed by atoms with Crippen LogP contribution >= 0.6 is 0 Å². The number of ether oxygens (including phenoxy) is 1. The van der Waals surface area contributed by atoms with E-state index in [9.17, 15) is 4.79 Å². The van der Waals surface area contributed by atoms with Crippen molar-refractivity contribution in [1.82, 2.24) is 10.3 Å². The van der Waals surface area contributed by atoms with E-state index in [1.807, 2.05) is 55.6 Å². The Hall–Kier alpha value is -2.75. The number of hydrogen-bond acceptors (Lipinski definition) is 2. The zero-order chi connectivity index (χ0) is 16.9. The first kappa shape index (κ1) is 16.1. The maximum atomic E-state index is 12.1. The molecule has 0 atom stereocenters. The quantitative estimate of drug-likeness (QED) is 0.731. The van der Waals surface area contributed by atoms with E-state index in [1.54, 1.807) is 7.11 Å². The number of benzene rings is 2. The summed E-state index contributed by atoms with van der Waals surface area (Å²) in [6.07, 6.45) is 3.21. The smallest absolute Gasteiger partial charge is 0.224 e. The van der Waals surface area contributed by atoms with Crippen molar-refractivity contribution in [2.45, 2.75) is 19.8 Å². The molecule has 4 heteroatoms. The second kappa shape index (κ2) is 7.21. The van der Waals surface area contributed by atoms with Crippen molar-refractivity contribution in [1.29, 1.82) is 0 Å². The summed E-state index contributed by atoms with van der Waals surface area (Å²) in [7, 11) is 1.67. The van der Waals surface area contributed by atoms with E-state index < -0.39 is 0 Å². The van der Waals surface area contributed by atoms with Crippen LogP contribution < -0.4 is 10.1 Å². The number of carbonyl (C=O) groups is 1. The predicted octanol–water partition coefficient (Wildman–Crippen LogP) is 3.39. The van der Waals surface area contributed by atoms with Gasteiger partial charge in [-0.2, -0.15) is 0 Å². The van der Waals surface area contributed by atoms with Crippen LogP contribution in [0.5, 0.6) is 5.75 Å². The third-order valence-corrected chi connectivity index (χ3v) is 4.30. The Morgan fingerprint density at radius 1 is 1.17 bits per heavy atom. The Morgan fingerprint density at radius 3 is 2.79 bits per heavy atom. The Morgan fingerprint density at radius 2 is 2.00 bits per heavy atom. The highest BCUT2D eigenvalue weighted by molar-refractivity contribution is 5.85. The molecule has 0 saturated heterocycles. The van der Waals surface area contributed by atoms with Crippen LogP contribution in [-0.4, -0.2) is 24.5 Å². The molecule has 0 bridgehead atoms. The standard InChI is InChI=1S/C20H22N2O2/c1-14-5-3-4-6-15(14)11-20(23)21-10-9-16-13-22-19-8-7-17(24-2)12-18(16)19/h3-8,12-13,22H,9-11H2,1-2H3,(H,21,23). The summed E-state index contributed by atoms with van der Waals surface area (Å²) >= 11 is 0. The molecular weight excluding hydrogens is 300 g/mol. The van der Waals surface area contributed by atoms with Crippen LogP contribution in [0.15, 0.2) is 48.7 Å². The molecule has 0 spiro atoms. The van der Waals surface area contributed by atoms with Gasteiger partial charge in [-0.05, 0) is 48.2 Å². The molecule has 3 aromatic rings. The molecule has 0 aliphatic carbocycles. The van der Waals surface area contributed by atoms with Gasteiger partial charge in [-0.15, -0.1) is 0 Å². The van der Waals surface area contributed by atoms with Crippen molar-refractivity contribution in [3.05, 3.63) is 65.4 Å². The minimum atomic E-state index is 0.0571. The number of H-pyrrole nitrogens is 1. The highest BCUT2D eigenvalue weighted by Crippen LogP contribution is 2.23. The summed E-state index contributed by atoms with van der Waals surface area (Å²) in [6.45, 7) is 2.65. The number of carbonyl (C=O) groups excluding carboxylic acids is 1. The molecule has 2 N–H and O–H groups in total. The highest BCUT2D eigenvalue weighted by Gasteiger charge is 2.08. The normalized spacial score (nSPS) is 10.8. The van der Waals surface area contributed by atoms with Gasteiger partial charge in [0.05, 0.1) is 13.5 Å². The SMILES string of the molecule is COc1ccc2[nH]cc(CCNC(=O)Cc3ccccc3C)c2c1. The lowest BCUT2D eigenvalue weighted by Gasteiger charge is -2.07. The number of methoxy groups -OCH3 is 1. The average Bonchev–Trinajstić information content (AvgIpc) is 2.99. The van der Waals surface area contributed by atoms with Gasteiger partial charge < -0.3 is 15.0 Å². The van der Waals surface area contributed by atoms with Gasteiger partial charge in [0.15, 0.2) is 0 Å². The maximum absolute atomic E-state index is 12.1. The van der Waals surface area contributed by atoms with Gasteiger partial charge in [0.25, 0.3) is 0 Å². The van der Waals surface area contributed by atoms with Crippen LogP contribution in [-0.2, 0) is 17.6 Å². The molecule has 124 valence electrons. The van der Waals surface area contributed by atoms with E-state index in [1.165, 1.54) is 5.56 Å². The predicted molar refractivity (Wildman–Crippen MR) is 96.4 cm³/mol. The van der Waals surface area contributed by atoms with Gasteiger partial charge in [-0.1, -0.05) is 24.3 Å². The van der Waals surface area contributed by atoms with Crippen LogP contribution in [0.25, 0.3) is 10.9 Å². The fourth-order valence-electron chi connectivity index (χ4n) is 2.87. The summed E-state index contributed by atoms with van der Waals surface area (Å²) in [5.74, 6) is 0.897. The second-order valence-electron chi connectivity index (χ2n) is 5.93. The largest absolute Gasteiger partial charge is 0.497 e. The Bertz CT molecular complexity index is 852. The molecular formula is C20H22N2O2. The third-order valence-electron chi connectivity index (χ3n) is 4.30. The molecule has 0 radical (unpaired) electrons. The van der Waals surface area contributed by atoms with E-state index in [4.69, 9.17) is 4.74 Å². The van der Waals surface area contributed by atoms with Crippen LogP contribution in [0, 0.1) is 6.92 Å². The molecule has 1 aromatic heterocycles. The van der Waals surface area contributed by atoms with E-state index in [2.05, 4.69) is 10.3 Å². The highest BCUT2D eigenvalue weighted by atomic mass is 16.5. The molecule has 0 unspecified atom stereocenters. The summed E-state index contributed by atoms with van der Waals surface area (Å²) in [5, 5.41) is 4.15. The first-order valence-corrected chi connectivity index (χ1v) is 8.12. The van der Waals surface area contributed by atoms with Gasteiger partial charge >= 0.3 is 0 Å². The van der Waals surface area contributed by atoms with Crippen LogP contribution in [0.4, 0.5) is 0 Å². The fourth-order valence-corrected chi connectivity index (χ4v) is 2.87. The van der Waals surface area contributed by atoms with Gasteiger partial charge in [-0.3, -0.25) is 4.79 Å². The first-order valence-electron chi connectivity index (χ1n) is 8.12. The first-order chi connectivity index (χ1) is 11.7. The molecule has 1 amide bonds. The fraction of sp³-hybridized carbons (Fsp3) is 0.250. The lowest BCUT2D eigenvalue weighted by Crippen LogP contribution is -2.27. The number of fused-ring (bicyclic) bond motifs is 1. The minimum Gasteiger partial charge on any atom is -0.497 e. The lowest BCUT2D eigenvalue weighted by molar-refractivity contribution is -0.120. The van der Waals surface area contributed by atoms with Crippen molar-refractivity contribution >= 4 is 16.8 Å². The van der Waals surface area contributed by atoms with Crippen molar-refractivity contribution in [3.63, 3.8) is 0 Å². The van der Waals surface area contributed by atoms with Crippen molar-refractivity contribution in [2.75, 3.05) is 13.7 Å².